The Morgan fingerprint density at radius 3 is 0.792 bits per heavy atom. The molecule has 0 amide bonds. The van der Waals surface area contributed by atoms with Gasteiger partial charge in [0.1, 0.15) is 0 Å². The van der Waals surface area contributed by atoms with E-state index in [0.29, 0.717) is 69.1 Å². The van der Waals surface area contributed by atoms with E-state index >= 15 is 0 Å². The summed E-state index contributed by atoms with van der Waals surface area (Å²) in [7, 11) is 0. The maximum Gasteiger partial charge on any atom is 0.0621 e. The number of hydrogen-bond acceptors (Lipinski definition) is 8. The Balaban J connectivity index is 7.65. The molecule has 0 heterocycles. The summed E-state index contributed by atoms with van der Waals surface area (Å²) in [6, 6.07) is 18.9. The van der Waals surface area contributed by atoms with Gasteiger partial charge in [-0.05, 0) is 138 Å². The second-order valence-electron chi connectivity index (χ2n) is 15.1. The number of nitriles is 8. The van der Waals surface area contributed by atoms with Crippen molar-refractivity contribution in [2.75, 3.05) is 0 Å². The Labute approximate surface area is 324 Å². The summed E-state index contributed by atoms with van der Waals surface area (Å²) in [5.41, 5.74) is 0. The average molecular weight is 721 g/mol. The zero-order chi connectivity index (χ0) is 39.2. The fourth-order valence-corrected chi connectivity index (χ4v) is 9.22. The third-order valence-corrected chi connectivity index (χ3v) is 11.6. The maximum atomic E-state index is 9.73. The van der Waals surface area contributed by atoms with E-state index in [2.05, 4.69) is 55.5 Å². The lowest BCUT2D eigenvalue weighted by Crippen LogP contribution is -2.39. The van der Waals surface area contributed by atoms with E-state index in [4.69, 9.17) is 0 Å². The van der Waals surface area contributed by atoms with Crippen molar-refractivity contribution >= 4 is 0 Å². The Morgan fingerprint density at radius 1 is 0.264 bits per heavy atom. The number of unbranched alkanes of at least 4 members (excludes halogenated alkanes) is 11. The van der Waals surface area contributed by atoms with Crippen LogP contribution in [0.3, 0.4) is 0 Å². The highest BCUT2D eigenvalue weighted by atomic mass is 14.5. The fourth-order valence-electron chi connectivity index (χ4n) is 9.22. The standard InChI is InChI=1S/C45H68N8/c1-2-3-5-22-39(24-7-15-32-47)41(26-9-17-34-49)43(28-11-19-36-51)45(30-13-21-38-53)44(29-12-20-37-52)42(27-10-18-35-50)40(25-8-16-33-48)23-6-4-14-31-46/h39-45H,2-30H2,1H3. The topological polar surface area (TPSA) is 190 Å². The summed E-state index contributed by atoms with van der Waals surface area (Å²) in [5.74, 6) is 2.04. The van der Waals surface area contributed by atoms with Crippen molar-refractivity contribution in [1.29, 1.82) is 42.1 Å². The minimum absolute atomic E-state index is 0.238. The van der Waals surface area contributed by atoms with Gasteiger partial charge in [-0.3, -0.25) is 0 Å². The highest BCUT2D eigenvalue weighted by Gasteiger charge is 2.41. The molecular formula is C45H68N8. The van der Waals surface area contributed by atoms with Crippen LogP contribution >= 0.6 is 0 Å². The van der Waals surface area contributed by atoms with E-state index in [1.54, 1.807) is 0 Å². The summed E-state index contributed by atoms with van der Waals surface area (Å²) in [4.78, 5) is 0. The fraction of sp³-hybridized carbons (Fsp3) is 0.822. The van der Waals surface area contributed by atoms with Crippen LogP contribution in [0.2, 0.25) is 0 Å². The molecule has 0 fully saturated rings. The third kappa shape index (κ3) is 23.3. The molecule has 8 nitrogen and oxygen atoms in total. The molecule has 53 heavy (non-hydrogen) atoms. The second-order valence-corrected chi connectivity index (χ2v) is 15.1. The molecule has 0 aliphatic carbocycles. The third-order valence-electron chi connectivity index (χ3n) is 11.6. The van der Waals surface area contributed by atoms with Gasteiger partial charge >= 0.3 is 0 Å². The van der Waals surface area contributed by atoms with E-state index < -0.39 is 0 Å². The van der Waals surface area contributed by atoms with Crippen LogP contribution in [0, 0.1) is 132 Å². The molecule has 0 aromatic carbocycles. The molecule has 0 saturated heterocycles. The molecule has 0 rings (SSSR count). The lowest BCUT2D eigenvalue weighted by Gasteiger charge is -2.46. The highest BCUT2D eigenvalue weighted by molar-refractivity contribution is 4.93. The van der Waals surface area contributed by atoms with Gasteiger partial charge in [0.25, 0.3) is 0 Å². The first-order chi connectivity index (χ1) is 26.0. The first kappa shape index (κ1) is 48.9. The predicted octanol–water partition coefficient (Wildman–Crippen LogP) is 12.8. The first-order valence-electron chi connectivity index (χ1n) is 21.0. The van der Waals surface area contributed by atoms with Crippen LogP contribution in [0.1, 0.15) is 193 Å². The second kappa shape index (κ2) is 36.3. The van der Waals surface area contributed by atoms with Crippen LogP contribution in [0.4, 0.5) is 0 Å². The quantitative estimate of drug-likeness (QED) is 0.0577. The average Bonchev–Trinajstić information content (AvgIpc) is 3.16. The summed E-state index contributed by atoms with van der Waals surface area (Å²) in [5, 5.41) is 76.7. The minimum Gasteiger partial charge on any atom is -0.198 e. The van der Waals surface area contributed by atoms with Gasteiger partial charge in [-0.2, -0.15) is 42.1 Å². The van der Waals surface area contributed by atoms with Crippen LogP contribution in [0.25, 0.3) is 0 Å². The molecule has 0 spiro atoms. The first-order valence-corrected chi connectivity index (χ1v) is 21.0. The maximum absolute atomic E-state index is 9.73. The van der Waals surface area contributed by atoms with Crippen LogP contribution in [-0.4, -0.2) is 0 Å². The lowest BCUT2D eigenvalue weighted by molar-refractivity contribution is 0.0297. The number of nitrogens with zero attached hydrogens (tertiary/aromatic N) is 8. The van der Waals surface area contributed by atoms with Crippen molar-refractivity contribution in [3.63, 3.8) is 0 Å². The summed E-state index contributed by atoms with van der Waals surface area (Å²) in [6.07, 6.45) is 23.0. The molecule has 0 radical (unpaired) electrons. The van der Waals surface area contributed by atoms with E-state index in [0.717, 1.165) is 135 Å². The molecule has 0 aromatic rings. The van der Waals surface area contributed by atoms with Crippen LogP contribution < -0.4 is 0 Å². The van der Waals surface area contributed by atoms with Gasteiger partial charge in [0.05, 0.1) is 48.6 Å². The van der Waals surface area contributed by atoms with Crippen LogP contribution in [-0.2, 0) is 0 Å². The molecule has 0 N–H and O–H groups in total. The molecule has 0 saturated carbocycles. The van der Waals surface area contributed by atoms with Gasteiger partial charge in [-0.1, -0.05) is 45.4 Å². The zero-order valence-corrected chi connectivity index (χ0v) is 33.1. The van der Waals surface area contributed by atoms with Crippen LogP contribution in [0.5, 0.6) is 0 Å². The highest BCUT2D eigenvalue weighted by Crippen LogP contribution is 2.49. The molecule has 7 unspecified atom stereocenters. The smallest absolute Gasteiger partial charge is 0.0621 e. The van der Waals surface area contributed by atoms with Gasteiger partial charge in [0.2, 0.25) is 0 Å². The molecular weight excluding hydrogens is 653 g/mol. The minimum atomic E-state index is 0.238. The Hall–Kier alpha value is -4.08. The van der Waals surface area contributed by atoms with Gasteiger partial charge in [-0.15, -0.1) is 0 Å². The molecule has 7 atom stereocenters. The van der Waals surface area contributed by atoms with Crippen molar-refractivity contribution in [2.45, 2.75) is 193 Å². The van der Waals surface area contributed by atoms with Crippen LogP contribution in [0.15, 0.2) is 0 Å². The van der Waals surface area contributed by atoms with Gasteiger partial charge in [-0.25, -0.2) is 0 Å². The Kier molecular flexibility index (Phi) is 33.5. The van der Waals surface area contributed by atoms with E-state index in [-0.39, 0.29) is 23.7 Å². The molecule has 0 bridgehead atoms. The van der Waals surface area contributed by atoms with E-state index in [1.807, 2.05) is 0 Å². The van der Waals surface area contributed by atoms with Crippen molar-refractivity contribution < 1.29 is 0 Å². The number of hydrogen-bond donors (Lipinski definition) is 0. The molecule has 8 heteroatoms. The summed E-state index contributed by atoms with van der Waals surface area (Å²) < 4.78 is 0. The monoisotopic (exact) mass is 721 g/mol. The Bertz CT molecular complexity index is 1250. The van der Waals surface area contributed by atoms with Crippen molar-refractivity contribution in [1.82, 2.24) is 0 Å². The molecule has 288 valence electrons. The molecule has 0 aromatic heterocycles. The number of rotatable bonds is 35. The SMILES string of the molecule is CCCCCC(CCCC#N)C(CCCC#N)C(CCCC#N)C(CCCC#N)C(CCCC#N)C(CCCC#N)C(CCCC#N)CCCCC#N. The van der Waals surface area contributed by atoms with E-state index in [1.165, 1.54) is 0 Å². The zero-order valence-electron chi connectivity index (χ0n) is 33.1. The summed E-state index contributed by atoms with van der Waals surface area (Å²) in [6.45, 7) is 2.22. The van der Waals surface area contributed by atoms with Crippen molar-refractivity contribution in [2.24, 2.45) is 41.4 Å². The predicted molar refractivity (Wildman–Crippen MR) is 209 cm³/mol. The normalized spacial score (nSPS) is 14.5. The van der Waals surface area contributed by atoms with Gasteiger partial charge in [0, 0.05) is 51.4 Å². The molecule has 0 aliphatic heterocycles. The lowest BCUT2D eigenvalue weighted by atomic mass is 9.59. The summed E-state index contributed by atoms with van der Waals surface area (Å²) >= 11 is 0. The van der Waals surface area contributed by atoms with Crippen molar-refractivity contribution in [3.8, 4) is 48.6 Å². The van der Waals surface area contributed by atoms with Gasteiger partial charge in [0.15, 0.2) is 0 Å². The van der Waals surface area contributed by atoms with Crippen molar-refractivity contribution in [3.05, 3.63) is 0 Å². The van der Waals surface area contributed by atoms with Gasteiger partial charge < -0.3 is 0 Å². The Morgan fingerprint density at radius 2 is 0.491 bits per heavy atom. The largest absolute Gasteiger partial charge is 0.198 e. The molecule has 0 aliphatic rings. The van der Waals surface area contributed by atoms with E-state index in [9.17, 15) is 42.1 Å².